The van der Waals surface area contributed by atoms with E-state index in [0.717, 1.165) is 16.3 Å². The summed E-state index contributed by atoms with van der Waals surface area (Å²) in [7, 11) is -4.02. The van der Waals surface area contributed by atoms with Gasteiger partial charge in [-0.3, -0.25) is 19.2 Å². The summed E-state index contributed by atoms with van der Waals surface area (Å²) >= 11 is 0. The minimum absolute atomic E-state index is 0.0329. The highest BCUT2D eigenvalue weighted by atomic mass is 32.2. The van der Waals surface area contributed by atoms with Crippen LogP contribution in [-0.2, 0) is 21.2 Å². The number of nitrogens with one attached hydrogen (secondary N) is 1. The van der Waals surface area contributed by atoms with Gasteiger partial charge in [-0.05, 0) is 60.5 Å². The Morgan fingerprint density at radius 2 is 1.68 bits per heavy atom. The molecule has 10 nitrogen and oxygen atoms in total. The first-order valence-electron chi connectivity index (χ1n) is 11.6. The molecular formula is C27H24N4O6S. The minimum atomic E-state index is -4.02. The molecule has 38 heavy (non-hydrogen) atoms. The van der Waals surface area contributed by atoms with Crippen molar-refractivity contribution in [3.05, 3.63) is 112 Å². The average molecular weight is 533 g/mol. The first-order chi connectivity index (χ1) is 18.3. The molecule has 0 saturated heterocycles. The van der Waals surface area contributed by atoms with Gasteiger partial charge in [0.2, 0.25) is 0 Å². The van der Waals surface area contributed by atoms with E-state index in [-0.39, 0.29) is 10.6 Å². The first kappa shape index (κ1) is 26.3. The molecule has 1 heterocycles. The highest BCUT2D eigenvalue weighted by Gasteiger charge is 2.27. The number of hydrogen-bond donors (Lipinski definition) is 1. The number of sulfonamides is 1. The molecule has 0 aliphatic rings. The highest BCUT2D eigenvalue weighted by Crippen LogP contribution is 2.25. The average Bonchev–Trinajstić information content (AvgIpc) is 3.41. The van der Waals surface area contributed by atoms with Gasteiger partial charge in [0.1, 0.15) is 18.1 Å². The van der Waals surface area contributed by atoms with Crippen LogP contribution < -0.4 is 9.73 Å². The summed E-state index contributed by atoms with van der Waals surface area (Å²) in [6.45, 7) is 1.50. The maximum absolute atomic E-state index is 13.4. The molecule has 0 fully saturated rings. The van der Waals surface area contributed by atoms with E-state index in [0.29, 0.717) is 22.8 Å². The van der Waals surface area contributed by atoms with Crippen molar-refractivity contribution in [1.29, 1.82) is 0 Å². The highest BCUT2D eigenvalue weighted by molar-refractivity contribution is 7.92. The van der Waals surface area contributed by atoms with Crippen molar-refractivity contribution in [2.45, 2.75) is 18.2 Å². The van der Waals surface area contributed by atoms with Crippen LogP contribution in [0.4, 0.5) is 11.4 Å². The largest absolute Gasteiger partial charge is 0.455 e. The predicted octanol–water partition coefficient (Wildman–Crippen LogP) is 4.76. The van der Waals surface area contributed by atoms with Gasteiger partial charge >= 0.3 is 0 Å². The van der Waals surface area contributed by atoms with Gasteiger partial charge in [-0.2, -0.15) is 5.10 Å². The Morgan fingerprint density at radius 1 is 1.00 bits per heavy atom. The lowest BCUT2D eigenvalue weighted by molar-refractivity contribution is -0.384. The van der Waals surface area contributed by atoms with Gasteiger partial charge in [0.05, 0.1) is 21.7 Å². The summed E-state index contributed by atoms with van der Waals surface area (Å²) in [5.74, 6) is 0.133. The zero-order valence-corrected chi connectivity index (χ0v) is 21.2. The van der Waals surface area contributed by atoms with Crippen LogP contribution in [0.1, 0.15) is 18.2 Å². The predicted molar refractivity (Wildman–Crippen MR) is 143 cm³/mol. The van der Waals surface area contributed by atoms with E-state index in [1.165, 1.54) is 30.5 Å². The van der Waals surface area contributed by atoms with Gasteiger partial charge in [-0.25, -0.2) is 13.8 Å². The first-order valence-corrected chi connectivity index (χ1v) is 13.0. The molecule has 0 atom stereocenters. The summed E-state index contributed by atoms with van der Waals surface area (Å²) in [6.07, 6.45) is 2.07. The van der Waals surface area contributed by atoms with E-state index >= 15 is 0 Å². The maximum Gasteiger partial charge on any atom is 0.269 e. The molecule has 0 spiro atoms. The third kappa shape index (κ3) is 6.13. The van der Waals surface area contributed by atoms with Crippen LogP contribution in [-0.4, -0.2) is 32.0 Å². The number of aryl methyl sites for hydroxylation is 1. The van der Waals surface area contributed by atoms with Crippen LogP contribution in [0.3, 0.4) is 0 Å². The number of non-ortho nitro benzene ring substituents is 1. The number of carbonyl (C=O) groups excluding carboxylic acids is 1. The molecule has 1 amide bonds. The second-order valence-corrected chi connectivity index (χ2v) is 10.0. The number of rotatable bonds is 10. The zero-order chi connectivity index (χ0) is 27.1. The van der Waals surface area contributed by atoms with Crippen molar-refractivity contribution >= 4 is 33.5 Å². The molecule has 0 bridgehead atoms. The number of carbonyl (C=O) groups is 1. The number of amides is 1. The van der Waals surface area contributed by atoms with E-state index in [4.69, 9.17) is 4.42 Å². The van der Waals surface area contributed by atoms with E-state index in [1.807, 2.05) is 19.1 Å². The second kappa shape index (κ2) is 11.5. The molecule has 1 N–H and O–H groups in total. The molecule has 1 aromatic heterocycles. The van der Waals surface area contributed by atoms with Crippen LogP contribution in [0, 0.1) is 10.1 Å². The Kier molecular flexibility index (Phi) is 7.97. The van der Waals surface area contributed by atoms with Crippen molar-refractivity contribution < 1.29 is 22.6 Å². The molecule has 0 saturated carbocycles. The van der Waals surface area contributed by atoms with E-state index in [2.05, 4.69) is 10.5 Å². The SMILES string of the molecule is CCc1ccc(N(CC(=O)N/N=C\c2ccc(-c3ccc([N+](=O)[O-])cc3)o2)S(=O)(=O)c2ccccc2)cc1. The van der Waals surface area contributed by atoms with Crippen molar-refractivity contribution in [3.63, 3.8) is 0 Å². The lowest BCUT2D eigenvalue weighted by Gasteiger charge is -2.23. The van der Waals surface area contributed by atoms with Crippen molar-refractivity contribution in [1.82, 2.24) is 5.43 Å². The van der Waals surface area contributed by atoms with Crippen molar-refractivity contribution in [2.24, 2.45) is 5.10 Å². The molecule has 0 unspecified atom stereocenters. The number of furan rings is 1. The topological polar surface area (TPSA) is 135 Å². The fourth-order valence-corrected chi connectivity index (χ4v) is 5.03. The number of nitrogens with zero attached hydrogens (tertiary/aromatic N) is 3. The van der Waals surface area contributed by atoms with Gasteiger partial charge in [0.25, 0.3) is 21.6 Å². The third-order valence-corrected chi connectivity index (χ3v) is 7.41. The Labute approximate surface area is 219 Å². The normalized spacial score (nSPS) is 11.4. The summed E-state index contributed by atoms with van der Waals surface area (Å²) in [4.78, 5) is 23.1. The van der Waals surface area contributed by atoms with Crippen LogP contribution in [0.5, 0.6) is 0 Å². The van der Waals surface area contributed by atoms with Crippen LogP contribution in [0.2, 0.25) is 0 Å². The fraction of sp³-hybridized carbons (Fsp3) is 0.111. The summed E-state index contributed by atoms with van der Waals surface area (Å²) in [5, 5.41) is 14.7. The van der Waals surface area contributed by atoms with Gasteiger partial charge < -0.3 is 4.42 Å². The lowest BCUT2D eigenvalue weighted by atomic mass is 10.1. The summed E-state index contributed by atoms with van der Waals surface area (Å²) < 4.78 is 33.4. The van der Waals surface area contributed by atoms with E-state index < -0.39 is 27.4 Å². The molecule has 4 rings (SSSR count). The minimum Gasteiger partial charge on any atom is -0.455 e. The molecule has 11 heteroatoms. The van der Waals surface area contributed by atoms with Gasteiger partial charge in [-0.15, -0.1) is 0 Å². The molecule has 194 valence electrons. The second-order valence-electron chi connectivity index (χ2n) is 8.14. The molecule has 0 radical (unpaired) electrons. The Bertz CT molecular complexity index is 1550. The lowest BCUT2D eigenvalue weighted by Crippen LogP contribution is -2.39. The molecule has 3 aromatic carbocycles. The molecular weight excluding hydrogens is 508 g/mol. The number of hydrogen-bond acceptors (Lipinski definition) is 7. The third-order valence-electron chi connectivity index (χ3n) is 5.62. The number of hydrazone groups is 1. The smallest absolute Gasteiger partial charge is 0.269 e. The number of nitro benzene ring substituents is 1. The van der Waals surface area contributed by atoms with Crippen LogP contribution in [0.25, 0.3) is 11.3 Å². The standard InChI is InChI=1S/C27H24N4O6S/c1-2-20-8-12-22(13-9-20)30(38(35,36)25-6-4-3-5-7-25)19-27(32)29-28-18-24-16-17-26(37-24)21-10-14-23(15-11-21)31(33)34/h3-18H,2,19H2,1H3,(H,29,32)/b28-18-. The summed E-state index contributed by atoms with van der Waals surface area (Å²) in [5.41, 5.74) is 4.32. The number of nitro groups is 1. The van der Waals surface area contributed by atoms with E-state index in [1.54, 1.807) is 54.6 Å². The quantitative estimate of drug-likeness (QED) is 0.178. The fourth-order valence-electron chi connectivity index (χ4n) is 3.59. The number of anilines is 1. The molecule has 4 aromatic rings. The van der Waals surface area contributed by atoms with E-state index in [9.17, 15) is 23.3 Å². The Hall–Kier alpha value is -4.77. The van der Waals surface area contributed by atoms with Gasteiger partial charge in [0, 0.05) is 17.7 Å². The van der Waals surface area contributed by atoms with Gasteiger partial charge in [-0.1, -0.05) is 37.3 Å². The Balaban J connectivity index is 1.47. The Morgan fingerprint density at radius 3 is 2.32 bits per heavy atom. The molecule has 0 aliphatic carbocycles. The number of benzene rings is 3. The zero-order valence-electron chi connectivity index (χ0n) is 20.4. The van der Waals surface area contributed by atoms with Gasteiger partial charge in [0.15, 0.2) is 0 Å². The molecule has 0 aliphatic heterocycles. The van der Waals surface area contributed by atoms with Crippen LogP contribution in [0.15, 0.2) is 105 Å². The van der Waals surface area contributed by atoms with Crippen molar-refractivity contribution in [3.8, 4) is 11.3 Å². The van der Waals surface area contributed by atoms with Crippen molar-refractivity contribution in [2.75, 3.05) is 10.8 Å². The maximum atomic E-state index is 13.4. The van der Waals surface area contributed by atoms with Crippen LogP contribution >= 0.6 is 0 Å². The monoisotopic (exact) mass is 532 g/mol. The summed E-state index contributed by atoms with van der Waals surface area (Å²) in [6, 6.07) is 24.0.